The Kier molecular flexibility index (Phi) is 5.88. The summed E-state index contributed by atoms with van der Waals surface area (Å²) in [5.41, 5.74) is 0.485. The molecule has 2 rings (SSSR count). The summed E-state index contributed by atoms with van der Waals surface area (Å²) in [6.07, 6.45) is 5.99. The summed E-state index contributed by atoms with van der Waals surface area (Å²) in [4.78, 5) is 2.68. The Balaban J connectivity index is 2.02. The van der Waals surface area contributed by atoms with Crippen LogP contribution in [0.4, 0.5) is 0 Å². The Morgan fingerprint density at radius 2 is 2.10 bits per heavy atom. The molecular weight excluding hydrogens is 248 g/mol. The predicted octanol–water partition coefficient (Wildman–Crippen LogP) is 2.90. The Bertz CT molecular complexity index is 297. The van der Waals surface area contributed by atoms with Crippen molar-refractivity contribution in [1.82, 2.24) is 10.2 Å². The maximum atomic E-state index is 5.79. The lowest BCUT2D eigenvalue weighted by atomic mass is 9.69. The highest BCUT2D eigenvalue weighted by molar-refractivity contribution is 4.92. The van der Waals surface area contributed by atoms with E-state index in [1.54, 1.807) is 0 Å². The standard InChI is InChI=1S/C17H34N2O/c1-5-18-12-17(8-6-7-14(2)9-17)13-19-10-16(4)20-11-15(19)3/h14-16,18H,5-13H2,1-4H3. The van der Waals surface area contributed by atoms with Gasteiger partial charge < -0.3 is 10.1 Å². The van der Waals surface area contributed by atoms with Gasteiger partial charge in [-0.1, -0.05) is 26.7 Å². The van der Waals surface area contributed by atoms with E-state index < -0.39 is 0 Å². The van der Waals surface area contributed by atoms with Gasteiger partial charge in [0.2, 0.25) is 0 Å². The van der Waals surface area contributed by atoms with E-state index in [2.05, 4.69) is 37.9 Å². The zero-order valence-electron chi connectivity index (χ0n) is 14.0. The van der Waals surface area contributed by atoms with E-state index >= 15 is 0 Å². The Labute approximate surface area is 125 Å². The first-order valence-corrected chi connectivity index (χ1v) is 8.61. The van der Waals surface area contributed by atoms with Gasteiger partial charge >= 0.3 is 0 Å². The van der Waals surface area contributed by atoms with E-state index in [1.807, 2.05) is 0 Å². The van der Waals surface area contributed by atoms with Crippen LogP contribution >= 0.6 is 0 Å². The molecule has 1 heterocycles. The topological polar surface area (TPSA) is 24.5 Å². The number of nitrogens with zero attached hydrogens (tertiary/aromatic N) is 1. The minimum atomic E-state index is 0.392. The van der Waals surface area contributed by atoms with Gasteiger partial charge in [0.15, 0.2) is 0 Å². The summed E-state index contributed by atoms with van der Waals surface area (Å²) in [6, 6.07) is 0.571. The summed E-state index contributed by atoms with van der Waals surface area (Å²) < 4.78 is 5.79. The number of morpholine rings is 1. The van der Waals surface area contributed by atoms with Gasteiger partial charge in [-0.2, -0.15) is 0 Å². The molecule has 4 atom stereocenters. The SMILES string of the molecule is CCNCC1(CN2CC(C)OCC2C)CCCC(C)C1. The van der Waals surface area contributed by atoms with Crippen LogP contribution in [0.3, 0.4) is 0 Å². The van der Waals surface area contributed by atoms with Gasteiger partial charge in [-0.3, -0.25) is 4.90 Å². The molecule has 0 aromatic rings. The van der Waals surface area contributed by atoms with Gasteiger partial charge in [-0.25, -0.2) is 0 Å². The van der Waals surface area contributed by atoms with Crippen LogP contribution in [0.25, 0.3) is 0 Å². The third kappa shape index (κ3) is 4.19. The van der Waals surface area contributed by atoms with E-state index in [4.69, 9.17) is 4.74 Å². The molecule has 1 aliphatic carbocycles. The molecule has 1 N–H and O–H groups in total. The second-order valence-corrected chi connectivity index (χ2v) is 7.40. The molecule has 3 heteroatoms. The van der Waals surface area contributed by atoms with Crippen molar-refractivity contribution in [1.29, 1.82) is 0 Å². The van der Waals surface area contributed by atoms with Crippen LogP contribution in [-0.4, -0.2) is 49.8 Å². The lowest BCUT2D eigenvalue weighted by Gasteiger charge is -2.47. The molecular formula is C17H34N2O. The minimum absolute atomic E-state index is 0.392. The number of nitrogens with one attached hydrogen (secondary N) is 1. The normalized spacial score (nSPS) is 39.9. The largest absolute Gasteiger partial charge is 0.376 e. The zero-order chi connectivity index (χ0) is 14.6. The first-order valence-electron chi connectivity index (χ1n) is 8.61. The Morgan fingerprint density at radius 3 is 2.80 bits per heavy atom. The molecule has 0 spiro atoms. The second-order valence-electron chi connectivity index (χ2n) is 7.40. The van der Waals surface area contributed by atoms with Crippen molar-refractivity contribution in [2.24, 2.45) is 11.3 Å². The molecule has 0 amide bonds. The predicted molar refractivity (Wildman–Crippen MR) is 85.1 cm³/mol. The van der Waals surface area contributed by atoms with Crippen molar-refractivity contribution in [2.45, 2.75) is 65.5 Å². The fourth-order valence-corrected chi connectivity index (χ4v) is 4.14. The summed E-state index contributed by atoms with van der Waals surface area (Å²) in [5.74, 6) is 0.885. The zero-order valence-corrected chi connectivity index (χ0v) is 14.0. The molecule has 1 saturated carbocycles. The van der Waals surface area contributed by atoms with Crippen LogP contribution in [0.2, 0.25) is 0 Å². The highest BCUT2D eigenvalue weighted by Gasteiger charge is 2.38. The molecule has 0 aromatic carbocycles. The summed E-state index contributed by atoms with van der Waals surface area (Å²) in [7, 11) is 0. The smallest absolute Gasteiger partial charge is 0.0674 e. The van der Waals surface area contributed by atoms with Crippen LogP contribution in [-0.2, 0) is 4.74 Å². The van der Waals surface area contributed by atoms with E-state index in [-0.39, 0.29) is 0 Å². The van der Waals surface area contributed by atoms with Crippen molar-refractivity contribution in [3.8, 4) is 0 Å². The van der Waals surface area contributed by atoms with Gasteiger partial charge in [0, 0.05) is 25.7 Å². The molecule has 0 bridgehead atoms. The second kappa shape index (κ2) is 7.24. The summed E-state index contributed by atoms with van der Waals surface area (Å²) in [6.45, 7) is 14.7. The average molecular weight is 282 g/mol. The van der Waals surface area contributed by atoms with Crippen molar-refractivity contribution in [3.05, 3.63) is 0 Å². The number of ether oxygens (including phenoxy) is 1. The molecule has 1 saturated heterocycles. The van der Waals surface area contributed by atoms with Gasteiger partial charge in [-0.05, 0) is 44.6 Å². The van der Waals surface area contributed by atoms with E-state index in [0.717, 1.165) is 25.6 Å². The lowest BCUT2D eigenvalue weighted by Crippen LogP contribution is -2.54. The highest BCUT2D eigenvalue weighted by atomic mass is 16.5. The maximum Gasteiger partial charge on any atom is 0.0674 e. The molecule has 1 aliphatic heterocycles. The molecule has 4 unspecified atom stereocenters. The maximum absolute atomic E-state index is 5.79. The number of rotatable bonds is 5. The number of hydrogen-bond donors (Lipinski definition) is 1. The third-order valence-corrected chi connectivity index (χ3v) is 5.21. The third-order valence-electron chi connectivity index (χ3n) is 5.21. The van der Waals surface area contributed by atoms with Crippen molar-refractivity contribution in [3.63, 3.8) is 0 Å². The summed E-state index contributed by atoms with van der Waals surface area (Å²) in [5, 5.41) is 3.64. The molecule has 2 aliphatic rings. The molecule has 0 radical (unpaired) electrons. The van der Waals surface area contributed by atoms with E-state index in [0.29, 0.717) is 17.6 Å². The van der Waals surface area contributed by atoms with Gasteiger partial charge in [0.25, 0.3) is 0 Å². The van der Waals surface area contributed by atoms with Crippen LogP contribution in [0.15, 0.2) is 0 Å². The monoisotopic (exact) mass is 282 g/mol. The number of hydrogen-bond acceptors (Lipinski definition) is 3. The Morgan fingerprint density at radius 1 is 1.30 bits per heavy atom. The molecule has 3 nitrogen and oxygen atoms in total. The van der Waals surface area contributed by atoms with Crippen molar-refractivity contribution >= 4 is 0 Å². The quantitative estimate of drug-likeness (QED) is 0.839. The molecule has 118 valence electrons. The fraction of sp³-hybridized carbons (Fsp3) is 1.00. The van der Waals surface area contributed by atoms with Crippen LogP contribution < -0.4 is 5.32 Å². The Hall–Kier alpha value is -0.120. The lowest BCUT2D eigenvalue weighted by molar-refractivity contribution is -0.0688. The van der Waals surface area contributed by atoms with Crippen LogP contribution in [0.5, 0.6) is 0 Å². The minimum Gasteiger partial charge on any atom is -0.376 e. The van der Waals surface area contributed by atoms with Gasteiger partial charge in [0.05, 0.1) is 12.7 Å². The molecule has 2 fully saturated rings. The van der Waals surface area contributed by atoms with Crippen molar-refractivity contribution < 1.29 is 4.74 Å². The molecule has 20 heavy (non-hydrogen) atoms. The first kappa shape index (κ1) is 16.3. The van der Waals surface area contributed by atoms with Crippen molar-refractivity contribution in [2.75, 3.05) is 32.8 Å². The molecule has 0 aromatic heterocycles. The van der Waals surface area contributed by atoms with E-state index in [1.165, 1.54) is 38.8 Å². The summed E-state index contributed by atoms with van der Waals surface area (Å²) >= 11 is 0. The van der Waals surface area contributed by atoms with Gasteiger partial charge in [-0.15, -0.1) is 0 Å². The van der Waals surface area contributed by atoms with Crippen LogP contribution in [0, 0.1) is 11.3 Å². The van der Waals surface area contributed by atoms with Crippen LogP contribution in [0.1, 0.15) is 53.4 Å². The first-order chi connectivity index (χ1) is 9.54. The average Bonchev–Trinajstić information content (AvgIpc) is 2.41. The fourth-order valence-electron chi connectivity index (χ4n) is 4.14. The highest BCUT2D eigenvalue weighted by Crippen LogP contribution is 2.40. The van der Waals surface area contributed by atoms with Gasteiger partial charge in [0.1, 0.15) is 0 Å². The van der Waals surface area contributed by atoms with E-state index in [9.17, 15) is 0 Å².